The van der Waals surface area contributed by atoms with Crippen molar-refractivity contribution in [2.75, 3.05) is 5.73 Å². The third kappa shape index (κ3) is 3.94. The van der Waals surface area contributed by atoms with Crippen LogP contribution in [0.4, 0.5) is 5.69 Å². The highest BCUT2D eigenvalue weighted by Crippen LogP contribution is 2.05. The summed E-state index contributed by atoms with van der Waals surface area (Å²) in [5.41, 5.74) is 8.57. The predicted molar refractivity (Wildman–Crippen MR) is 87.6 cm³/mol. The molecule has 23 heavy (non-hydrogen) atoms. The Morgan fingerprint density at radius 1 is 1.17 bits per heavy atom. The number of carbonyl (C=O) groups excluding carboxylic acids is 1. The standard InChI is InChI=1S/C17H17N5O/c18-15-6-7-19-16(8-15)17(23)20-9-14-10-21-22(12-14)11-13-4-2-1-3-5-13/h1-8,10,12H,9,11H2,(H2,18,19)(H,20,23). The van der Waals surface area contributed by atoms with Crippen molar-refractivity contribution in [3.05, 3.63) is 77.9 Å². The van der Waals surface area contributed by atoms with E-state index < -0.39 is 0 Å². The Bertz CT molecular complexity index is 798. The zero-order valence-corrected chi connectivity index (χ0v) is 12.5. The fourth-order valence-electron chi connectivity index (χ4n) is 2.20. The lowest BCUT2D eigenvalue weighted by molar-refractivity contribution is 0.0946. The summed E-state index contributed by atoms with van der Waals surface area (Å²) in [6.07, 6.45) is 5.18. The number of carbonyl (C=O) groups is 1. The maximum atomic E-state index is 12.0. The zero-order valence-electron chi connectivity index (χ0n) is 12.5. The van der Waals surface area contributed by atoms with E-state index in [1.165, 1.54) is 11.8 Å². The van der Waals surface area contributed by atoms with Gasteiger partial charge >= 0.3 is 0 Å². The van der Waals surface area contributed by atoms with Crippen LogP contribution in [0.2, 0.25) is 0 Å². The first kappa shape index (κ1) is 14.8. The molecule has 3 rings (SSSR count). The maximum Gasteiger partial charge on any atom is 0.270 e. The van der Waals surface area contributed by atoms with E-state index in [0.717, 1.165) is 5.56 Å². The van der Waals surface area contributed by atoms with Crippen LogP contribution in [0, 0.1) is 0 Å². The van der Waals surface area contributed by atoms with E-state index in [2.05, 4.69) is 27.5 Å². The summed E-state index contributed by atoms with van der Waals surface area (Å²) in [5, 5.41) is 7.12. The minimum Gasteiger partial charge on any atom is -0.399 e. The van der Waals surface area contributed by atoms with Crippen LogP contribution in [0.25, 0.3) is 0 Å². The number of aromatic nitrogens is 3. The third-order valence-corrected chi connectivity index (χ3v) is 3.34. The maximum absolute atomic E-state index is 12.0. The van der Waals surface area contributed by atoms with Crippen molar-refractivity contribution in [1.82, 2.24) is 20.1 Å². The number of pyridine rings is 1. The average molecular weight is 307 g/mol. The van der Waals surface area contributed by atoms with Crippen molar-refractivity contribution in [2.24, 2.45) is 0 Å². The van der Waals surface area contributed by atoms with Crippen LogP contribution in [0.3, 0.4) is 0 Å². The SMILES string of the molecule is Nc1ccnc(C(=O)NCc2cnn(Cc3ccccc3)c2)c1. The number of nitrogens with zero attached hydrogens (tertiary/aromatic N) is 3. The minimum absolute atomic E-state index is 0.256. The monoisotopic (exact) mass is 307 g/mol. The summed E-state index contributed by atoms with van der Waals surface area (Å²) in [4.78, 5) is 16.0. The van der Waals surface area contributed by atoms with Gasteiger partial charge in [-0.05, 0) is 17.7 Å². The van der Waals surface area contributed by atoms with Crippen LogP contribution in [0.5, 0.6) is 0 Å². The number of hydrogen-bond acceptors (Lipinski definition) is 4. The van der Waals surface area contributed by atoms with Gasteiger partial charge in [-0.2, -0.15) is 5.10 Å². The fourth-order valence-corrected chi connectivity index (χ4v) is 2.20. The van der Waals surface area contributed by atoms with Crippen molar-refractivity contribution in [1.29, 1.82) is 0 Å². The smallest absolute Gasteiger partial charge is 0.270 e. The highest BCUT2D eigenvalue weighted by molar-refractivity contribution is 5.92. The van der Waals surface area contributed by atoms with Gasteiger partial charge < -0.3 is 11.1 Å². The number of benzene rings is 1. The Hall–Kier alpha value is -3.15. The van der Waals surface area contributed by atoms with E-state index in [4.69, 9.17) is 5.73 Å². The Morgan fingerprint density at radius 3 is 2.78 bits per heavy atom. The molecule has 1 aromatic carbocycles. The van der Waals surface area contributed by atoms with Crippen LogP contribution >= 0.6 is 0 Å². The van der Waals surface area contributed by atoms with E-state index >= 15 is 0 Å². The van der Waals surface area contributed by atoms with Gasteiger partial charge in [0, 0.05) is 30.2 Å². The topological polar surface area (TPSA) is 85.8 Å². The second-order valence-electron chi connectivity index (χ2n) is 5.19. The normalized spacial score (nSPS) is 10.4. The summed E-state index contributed by atoms with van der Waals surface area (Å²) in [6, 6.07) is 13.3. The summed E-state index contributed by atoms with van der Waals surface area (Å²) >= 11 is 0. The third-order valence-electron chi connectivity index (χ3n) is 3.34. The molecule has 0 bridgehead atoms. The van der Waals surface area contributed by atoms with E-state index in [9.17, 15) is 4.79 Å². The molecule has 6 heteroatoms. The molecule has 0 saturated heterocycles. The van der Waals surface area contributed by atoms with Gasteiger partial charge in [-0.25, -0.2) is 0 Å². The lowest BCUT2D eigenvalue weighted by Gasteiger charge is -2.03. The zero-order chi connectivity index (χ0) is 16.1. The summed E-state index contributed by atoms with van der Waals surface area (Å²) in [5.74, 6) is -0.256. The molecule has 2 aromatic heterocycles. The van der Waals surface area contributed by atoms with Gasteiger partial charge in [0.2, 0.25) is 0 Å². The van der Waals surface area contributed by atoms with E-state index in [-0.39, 0.29) is 5.91 Å². The molecule has 0 saturated carbocycles. The van der Waals surface area contributed by atoms with Gasteiger partial charge in [-0.15, -0.1) is 0 Å². The number of nitrogens with two attached hydrogens (primary N) is 1. The first-order valence-electron chi connectivity index (χ1n) is 7.26. The Balaban J connectivity index is 1.58. The molecule has 0 atom stereocenters. The van der Waals surface area contributed by atoms with E-state index in [1.807, 2.05) is 29.1 Å². The summed E-state index contributed by atoms with van der Waals surface area (Å²) < 4.78 is 1.84. The van der Waals surface area contributed by atoms with Gasteiger partial charge in [-0.3, -0.25) is 14.5 Å². The molecule has 0 radical (unpaired) electrons. The largest absolute Gasteiger partial charge is 0.399 e. The molecule has 3 N–H and O–H groups in total. The lowest BCUT2D eigenvalue weighted by Crippen LogP contribution is -2.23. The fraction of sp³-hybridized carbons (Fsp3) is 0.118. The molecule has 0 aliphatic heterocycles. The van der Waals surface area contributed by atoms with Gasteiger partial charge in [-0.1, -0.05) is 30.3 Å². The number of rotatable bonds is 5. The van der Waals surface area contributed by atoms with Crippen molar-refractivity contribution in [2.45, 2.75) is 13.1 Å². The average Bonchev–Trinajstić information content (AvgIpc) is 3.01. The molecule has 1 amide bonds. The highest BCUT2D eigenvalue weighted by Gasteiger charge is 2.08. The van der Waals surface area contributed by atoms with Crippen LogP contribution in [0.15, 0.2) is 61.1 Å². The summed E-state index contributed by atoms with van der Waals surface area (Å²) in [7, 11) is 0. The lowest BCUT2D eigenvalue weighted by atomic mass is 10.2. The Kier molecular flexibility index (Phi) is 4.33. The quantitative estimate of drug-likeness (QED) is 0.753. The number of nitrogen functional groups attached to an aromatic ring is 1. The van der Waals surface area contributed by atoms with Gasteiger partial charge in [0.05, 0.1) is 12.7 Å². The molecule has 0 aliphatic rings. The van der Waals surface area contributed by atoms with Crippen molar-refractivity contribution >= 4 is 11.6 Å². The molecule has 6 nitrogen and oxygen atoms in total. The van der Waals surface area contributed by atoms with Crippen molar-refractivity contribution in [3.8, 4) is 0 Å². The van der Waals surface area contributed by atoms with Crippen LogP contribution in [0.1, 0.15) is 21.6 Å². The van der Waals surface area contributed by atoms with Gasteiger partial charge in [0.15, 0.2) is 0 Å². The molecule has 0 aliphatic carbocycles. The molecule has 0 unspecified atom stereocenters. The minimum atomic E-state index is -0.256. The Labute approximate surface area is 134 Å². The first-order chi connectivity index (χ1) is 11.2. The van der Waals surface area contributed by atoms with Gasteiger partial charge in [0.25, 0.3) is 5.91 Å². The Morgan fingerprint density at radius 2 is 2.00 bits per heavy atom. The van der Waals surface area contributed by atoms with E-state index in [1.54, 1.807) is 18.3 Å². The second-order valence-corrected chi connectivity index (χ2v) is 5.19. The first-order valence-corrected chi connectivity index (χ1v) is 7.26. The van der Waals surface area contributed by atoms with Crippen LogP contribution in [-0.2, 0) is 13.1 Å². The van der Waals surface area contributed by atoms with Gasteiger partial charge in [0.1, 0.15) is 5.69 Å². The van der Waals surface area contributed by atoms with Crippen LogP contribution in [-0.4, -0.2) is 20.7 Å². The van der Waals surface area contributed by atoms with E-state index in [0.29, 0.717) is 24.5 Å². The number of hydrogen-bond donors (Lipinski definition) is 2. The molecule has 0 spiro atoms. The number of amides is 1. The predicted octanol–water partition coefficient (Wildman–Crippen LogP) is 1.84. The molecular weight excluding hydrogens is 290 g/mol. The number of anilines is 1. The molecule has 116 valence electrons. The number of nitrogens with one attached hydrogen (secondary N) is 1. The molecule has 0 fully saturated rings. The van der Waals surface area contributed by atoms with Crippen LogP contribution < -0.4 is 11.1 Å². The molecule has 3 aromatic rings. The summed E-state index contributed by atoms with van der Waals surface area (Å²) in [6.45, 7) is 1.09. The van der Waals surface area contributed by atoms with Crippen molar-refractivity contribution in [3.63, 3.8) is 0 Å². The highest BCUT2D eigenvalue weighted by atomic mass is 16.1. The molecule has 2 heterocycles. The van der Waals surface area contributed by atoms with Crippen molar-refractivity contribution < 1.29 is 4.79 Å². The second kappa shape index (κ2) is 6.74. The molecular formula is C17H17N5O.